The largest absolute Gasteiger partial charge is 0.461 e. The third-order valence-corrected chi connectivity index (χ3v) is 4.53. The molecule has 0 aliphatic heterocycles. The lowest BCUT2D eigenvalue weighted by molar-refractivity contribution is 0.0519. The van der Waals surface area contributed by atoms with Crippen LogP contribution in [0.25, 0.3) is 5.65 Å². The van der Waals surface area contributed by atoms with Crippen LogP contribution in [0.5, 0.6) is 0 Å². The molecule has 1 N–H and O–H groups in total. The molecule has 23 heavy (non-hydrogen) atoms. The van der Waals surface area contributed by atoms with Gasteiger partial charge in [0.05, 0.1) is 6.61 Å². The number of H-pyrrole nitrogens is 1. The predicted octanol–water partition coefficient (Wildman–Crippen LogP) is 2.71. The summed E-state index contributed by atoms with van der Waals surface area (Å²) in [5.74, 6) is 0.284. The van der Waals surface area contributed by atoms with E-state index in [1.165, 1.54) is 36.6 Å². The number of carbonyl (C=O) groups is 1. The molecular formula is C17H23N3O3. The monoisotopic (exact) mass is 317 g/mol. The molecule has 3 rings (SSSR count). The molecule has 2 aromatic rings. The number of hydrogen-bond donors (Lipinski definition) is 1. The summed E-state index contributed by atoms with van der Waals surface area (Å²) in [6, 6.07) is 3.13. The summed E-state index contributed by atoms with van der Waals surface area (Å²) in [4.78, 5) is 28.4. The first-order chi connectivity index (χ1) is 11.2. The van der Waals surface area contributed by atoms with Gasteiger partial charge in [0.2, 0.25) is 0 Å². The Morgan fingerprint density at radius 3 is 2.87 bits per heavy atom. The van der Waals surface area contributed by atoms with E-state index in [1.807, 2.05) is 0 Å². The van der Waals surface area contributed by atoms with Crippen LogP contribution in [-0.2, 0) is 11.2 Å². The summed E-state index contributed by atoms with van der Waals surface area (Å²) in [7, 11) is 0. The van der Waals surface area contributed by atoms with Crippen molar-refractivity contribution in [3.63, 3.8) is 0 Å². The zero-order valence-electron chi connectivity index (χ0n) is 13.5. The van der Waals surface area contributed by atoms with Crippen molar-refractivity contribution < 1.29 is 9.53 Å². The molecule has 0 aromatic carbocycles. The van der Waals surface area contributed by atoms with Crippen LogP contribution in [0.2, 0.25) is 0 Å². The van der Waals surface area contributed by atoms with Gasteiger partial charge in [0.25, 0.3) is 5.56 Å². The lowest BCUT2D eigenvalue weighted by atomic mass is 9.86. The number of esters is 1. The Kier molecular flexibility index (Phi) is 4.79. The number of carbonyl (C=O) groups excluding carboxylic acids is 1. The zero-order valence-corrected chi connectivity index (χ0v) is 13.5. The molecule has 6 nitrogen and oxygen atoms in total. The molecule has 0 amide bonds. The number of aromatic nitrogens is 3. The normalized spacial score (nSPS) is 15.9. The summed E-state index contributed by atoms with van der Waals surface area (Å²) in [5.41, 5.74) is 1.33. The lowest BCUT2D eigenvalue weighted by Crippen LogP contribution is -2.17. The third kappa shape index (κ3) is 3.63. The highest BCUT2D eigenvalue weighted by molar-refractivity contribution is 5.88. The summed E-state index contributed by atoms with van der Waals surface area (Å²) >= 11 is 0. The van der Waals surface area contributed by atoms with Crippen LogP contribution < -0.4 is 5.56 Å². The van der Waals surface area contributed by atoms with E-state index < -0.39 is 5.97 Å². The average molecular weight is 317 g/mol. The molecule has 0 saturated heterocycles. The summed E-state index contributed by atoms with van der Waals surface area (Å²) < 4.78 is 6.23. The zero-order chi connectivity index (χ0) is 16.2. The molecule has 1 aliphatic rings. The maximum Gasteiger partial charge on any atom is 0.356 e. The van der Waals surface area contributed by atoms with Crippen molar-refractivity contribution in [1.29, 1.82) is 0 Å². The van der Waals surface area contributed by atoms with Crippen molar-refractivity contribution in [3.8, 4) is 0 Å². The SMILES string of the molecule is CCOC(=O)c1cc2nc(CCC3CCCCC3)cc(=O)n2[nH]1. The Bertz CT molecular complexity index is 741. The van der Waals surface area contributed by atoms with E-state index in [0.717, 1.165) is 24.5 Å². The van der Waals surface area contributed by atoms with Crippen LogP contribution >= 0.6 is 0 Å². The minimum Gasteiger partial charge on any atom is -0.461 e. The van der Waals surface area contributed by atoms with Gasteiger partial charge in [-0.15, -0.1) is 0 Å². The van der Waals surface area contributed by atoms with Gasteiger partial charge >= 0.3 is 5.97 Å². The molecule has 124 valence electrons. The number of rotatable bonds is 5. The maximum atomic E-state index is 12.2. The van der Waals surface area contributed by atoms with Crippen molar-refractivity contribution in [2.45, 2.75) is 51.9 Å². The van der Waals surface area contributed by atoms with Gasteiger partial charge < -0.3 is 4.74 Å². The first-order valence-electron chi connectivity index (χ1n) is 8.46. The van der Waals surface area contributed by atoms with E-state index >= 15 is 0 Å². The molecule has 1 fully saturated rings. The minimum atomic E-state index is -0.471. The Balaban J connectivity index is 1.77. The van der Waals surface area contributed by atoms with E-state index in [4.69, 9.17) is 4.74 Å². The van der Waals surface area contributed by atoms with Crippen LogP contribution in [0.3, 0.4) is 0 Å². The van der Waals surface area contributed by atoms with Crippen LogP contribution in [0.15, 0.2) is 16.9 Å². The van der Waals surface area contributed by atoms with Crippen LogP contribution in [0, 0.1) is 5.92 Å². The molecule has 1 saturated carbocycles. The second-order valence-corrected chi connectivity index (χ2v) is 6.21. The number of ether oxygens (including phenoxy) is 1. The minimum absolute atomic E-state index is 0.191. The van der Waals surface area contributed by atoms with E-state index in [0.29, 0.717) is 12.3 Å². The number of fused-ring (bicyclic) bond motifs is 1. The Labute approximate surface area is 134 Å². The first kappa shape index (κ1) is 15.8. The number of aromatic amines is 1. The molecule has 0 atom stereocenters. The van der Waals surface area contributed by atoms with Crippen molar-refractivity contribution in [2.75, 3.05) is 6.61 Å². The van der Waals surface area contributed by atoms with E-state index in [-0.39, 0.29) is 11.3 Å². The lowest BCUT2D eigenvalue weighted by Gasteiger charge is -2.20. The highest BCUT2D eigenvalue weighted by atomic mass is 16.5. The molecule has 0 spiro atoms. The second-order valence-electron chi connectivity index (χ2n) is 6.21. The van der Waals surface area contributed by atoms with E-state index in [9.17, 15) is 9.59 Å². The Hall–Kier alpha value is -2.11. The quantitative estimate of drug-likeness (QED) is 0.860. The highest BCUT2D eigenvalue weighted by Gasteiger charge is 2.15. The predicted molar refractivity (Wildman–Crippen MR) is 86.7 cm³/mol. The topological polar surface area (TPSA) is 76.5 Å². The summed E-state index contributed by atoms with van der Waals surface area (Å²) in [5, 5.41) is 2.75. The molecule has 2 aromatic heterocycles. The third-order valence-electron chi connectivity index (χ3n) is 4.53. The van der Waals surface area contributed by atoms with Crippen LogP contribution in [-0.4, -0.2) is 27.2 Å². The molecule has 0 bridgehead atoms. The maximum absolute atomic E-state index is 12.2. The van der Waals surface area contributed by atoms with Crippen molar-refractivity contribution in [3.05, 3.63) is 33.9 Å². The standard InChI is InChI=1S/C17H23N3O3/c1-2-23-17(22)14-11-15-18-13(10-16(21)20(15)19-14)9-8-12-6-4-3-5-7-12/h10-12,19H,2-9H2,1H3. The summed E-state index contributed by atoms with van der Waals surface area (Å²) in [6.07, 6.45) is 8.47. The molecule has 0 radical (unpaired) electrons. The van der Waals surface area contributed by atoms with Gasteiger partial charge in [-0.2, -0.15) is 0 Å². The van der Waals surface area contributed by atoms with Crippen molar-refractivity contribution in [1.82, 2.24) is 14.6 Å². The molecule has 6 heteroatoms. The van der Waals surface area contributed by atoms with Gasteiger partial charge in [-0.05, 0) is 25.7 Å². The highest BCUT2D eigenvalue weighted by Crippen LogP contribution is 2.27. The Morgan fingerprint density at radius 1 is 1.35 bits per heavy atom. The van der Waals surface area contributed by atoms with Crippen molar-refractivity contribution >= 4 is 11.6 Å². The fourth-order valence-electron chi connectivity index (χ4n) is 3.31. The second kappa shape index (κ2) is 6.98. The van der Waals surface area contributed by atoms with Gasteiger partial charge in [0.15, 0.2) is 5.65 Å². The van der Waals surface area contributed by atoms with Gasteiger partial charge in [0.1, 0.15) is 5.69 Å². The van der Waals surface area contributed by atoms with Gasteiger partial charge in [-0.1, -0.05) is 32.1 Å². The van der Waals surface area contributed by atoms with Crippen LogP contribution in [0.4, 0.5) is 0 Å². The fraction of sp³-hybridized carbons (Fsp3) is 0.588. The molecule has 1 aliphatic carbocycles. The van der Waals surface area contributed by atoms with E-state index in [2.05, 4.69) is 10.1 Å². The molecule has 0 unspecified atom stereocenters. The van der Waals surface area contributed by atoms with Gasteiger partial charge in [-0.25, -0.2) is 14.3 Å². The number of nitrogens with zero attached hydrogens (tertiary/aromatic N) is 2. The summed E-state index contributed by atoms with van der Waals surface area (Å²) in [6.45, 7) is 2.04. The van der Waals surface area contributed by atoms with Crippen molar-refractivity contribution in [2.24, 2.45) is 5.92 Å². The van der Waals surface area contributed by atoms with Gasteiger partial charge in [-0.3, -0.25) is 9.89 Å². The molecular weight excluding hydrogens is 294 g/mol. The average Bonchev–Trinajstić information content (AvgIpc) is 2.99. The van der Waals surface area contributed by atoms with E-state index in [1.54, 1.807) is 19.1 Å². The number of aryl methyl sites for hydroxylation is 1. The first-order valence-corrected chi connectivity index (χ1v) is 8.46. The van der Waals surface area contributed by atoms with Crippen LogP contribution in [0.1, 0.15) is 61.6 Å². The smallest absolute Gasteiger partial charge is 0.356 e. The Morgan fingerprint density at radius 2 is 2.13 bits per heavy atom. The number of hydrogen-bond acceptors (Lipinski definition) is 4. The fourth-order valence-corrected chi connectivity index (χ4v) is 3.31. The molecule has 2 heterocycles. The van der Waals surface area contributed by atoms with Gasteiger partial charge in [0, 0.05) is 17.8 Å². The number of nitrogens with one attached hydrogen (secondary N) is 1.